The van der Waals surface area contributed by atoms with Gasteiger partial charge in [0.2, 0.25) is 15.9 Å². The molecule has 1 aliphatic rings. The molecule has 1 N–H and O–H groups in total. The number of carbonyl (C=O) groups is 3. The van der Waals surface area contributed by atoms with Gasteiger partial charge in [0, 0.05) is 37.8 Å². The summed E-state index contributed by atoms with van der Waals surface area (Å²) in [4.78, 5) is 49.4. The Bertz CT molecular complexity index is 1690. The smallest absolute Gasteiger partial charge is 0.407 e. The summed E-state index contributed by atoms with van der Waals surface area (Å²) in [5.74, 6) is -5.15. The number of pyridine rings is 1. The van der Waals surface area contributed by atoms with Crippen LogP contribution in [0.3, 0.4) is 0 Å². The first-order valence-corrected chi connectivity index (χ1v) is 17.7. The van der Waals surface area contributed by atoms with Gasteiger partial charge in [-0.3, -0.25) is 14.6 Å². The number of hydrogen-bond acceptors (Lipinski definition) is 10. The number of thioether (sulfide) groups is 1. The molecular formula is C28H33F3N6O6S3. The number of nitrogens with zero attached hydrogens (tertiary/aromatic N) is 5. The Kier molecular flexibility index (Phi) is 11.2. The molecule has 1 saturated heterocycles. The number of fused-ring (bicyclic) bond motifs is 1. The van der Waals surface area contributed by atoms with Gasteiger partial charge in [-0.2, -0.15) is 4.31 Å². The first-order valence-electron chi connectivity index (χ1n) is 14.0. The van der Waals surface area contributed by atoms with Crippen LogP contribution in [0, 0.1) is 17.5 Å². The van der Waals surface area contributed by atoms with Crippen LogP contribution in [0.15, 0.2) is 34.8 Å². The molecule has 0 saturated carbocycles. The fraction of sp³-hybridized carbons (Fsp3) is 0.464. The number of halogens is 3. The molecule has 0 radical (unpaired) electrons. The Labute approximate surface area is 272 Å². The lowest BCUT2D eigenvalue weighted by molar-refractivity contribution is -0.161. The zero-order valence-electron chi connectivity index (χ0n) is 25.5. The fourth-order valence-electron chi connectivity index (χ4n) is 4.58. The van der Waals surface area contributed by atoms with Crippen LogP contribution in [0.4, 0.5) is 18.0 Å². The lowest BCUT2D eigenvalue weighted by Gasteiger charge is -2.34. The highest BCUT2D eigenvalue weighted by atomic mass is 32.2. The van der Waals surface area contributed by atoms with Crippen molar-refractivity contribution in [2.75, 3.05) is 38.2 Å². The second kappa shape index (κ2) is 14.5. The molecule has 46 heavy (non-hydrogen) atoms. The predicted octanol–water partition coefficient (Wildman–Crippen LogP) is 3.57. The van der Waals surface area contributed by atoms with Crippen molar-refractivity contribution in [1.29, 1.82) is 0 Å². The molecular weight excluding hydrogens is 670 g/mol. The minimum absolute atomic E-state index is 0.0796. The summed E-state index contributed by atoms with van der Waals surface area (Å²) in [6, 6.07) is 3.34. The van der Waals surface area contributed by atoms with Crippen molar-refractivity contribution in [3.8, 4) is 0 Å². The van der Waals surface area contributed by atoms with Crippen LogP contribution < -0.4 is 5.32 Å². The number of amides is 3. The van der Waals surface area contributed by atoms with E-state index < -0.39 is 69.9 Å². The summed E-state index contributed by atoms with van der Waals surface area (Å²) < 4.78 is 73.8. The molecule has 18 heteroatoms. The van der Waals surface area contributed by atoms with Gasteiger partial charge in [-0.15, -0.1) is 0 Å². The summed E-state index contributed by atoms with van der Waals surface area (Å²) in [6.45, 7) is 4.28. The first-order chi connectivity index (χ1) is 21.5. The molecule has 2 aromatic heterocycles. The number of sulfonamides is 1. The maximum Gasteiger partial charge on any atom is 0.407 e. The molecule has 0 bridgehead atoms. The summed E-state index contributed by atoms with van der Waals surface area (Å²) in [6.07, 6.45) is 0.761. The number of benzene rings is 1. The number of carbonyl (C=O) groups excluding carboxylic acids is 3. The topological polar surface area (TPSA) is 142 Å². The van der Waals surface area contributed by atoms with Gasteiger partial charge in [-0.05, 0) is 51.0 Å². The molecule has 1 atom stereocenters. The molecule has 12 nitrogen and oxygen atoms in total. The summed E-state index contributed by atoms with van der Waals surface area (Å²) in [7, 11) is -3.67. The monoisotopic (exact) mass is 702 g/mol. The van der Waals surface area contributed by atoms with Crippen LogP contribution in [0.25, 0.3) is 10.3 Å². The number of aromatic nitrogens is 2. The standard InChI is InChI=1S/C28H33F3N6O6S3/c1-28(2,3)43-26(40)33-18(12-17-13-20(30)21(31)15-19(17)29)14-23(38)36-10-8-35(46(4,41)42)9-11-37(36)24(39)16-44-27-34-22-6-5-7-32-25(22)45-27/h5-7,13,15,18H,8-12,14,16H2,1-4H3,(H,33,40)/t18-/m1/s1. The minimum atomic E-state index is -3.67. The van der Waals surface area contributed by atoms with Crippen molar-refractivity contribution in [3.63, 3.8) is 0 Å². The van der Waals surface area contributed by atoms with Crippen molar-refractivity contribution < 1.29 is 40.7 Å². The van der Waals surface area contributed by atoms with E-state index in [0.29, 0.717) is 26.8 Å². The highest BCUT2D eigenvalue weighted by Gasteiger charge is 2.34. The molecule has 1 aliphatic heterocycles. The Morgan fingerprint density at radius 3 is 2.33 bits per heavy atom. The van der Waals surface area contributed by atoms with E-state index in [9.17, 15) is 36.0 Å². The zero-order valence-corrected chi connectivity index (χ0v) is 27.9. The fourth-order valence-corrected chi connectivity index (χ4v) is 7.25. The van der Waals surface area contributed by atoms with Gasteiger partial charge in [-0.1, -0.05) is 23.1 Å². The van der Waals surface area contributed by atoms with Gasteiger partial charge < -0.3 is 10.1 Å². The Morgan fingerprint density at radius 2 is 1.70 bits per heavy atom. The number of alkyl carbamates (subject to hydrolysis) is 1. The highest BCUT2D eigenvalue weighted by molar-refractivity contribution is 8.01. The van der Waals surface area contributed by atoms with E-state index in [1.54, 1.807) is 39.1 Å². The number of rotatable bonds is 9. The van der Waals surface area contributed by atoms with Crippen LogP contribution in [-0.2, 0) is 30.8 Å². The normalized spacial score (nSPS) is 15.5. The van der Waals surface area contributed by atoms with E-state index in [1.807, 2.05) is 0 Å². The SMILES string of the molecule is CC(C)(C)OC(=O)N[C@@H](CC(=O)N1CCN(S(C)(=O)=O)CCN1C(=O)CSc1nc2cccnc2s1)Cc1cc(F)c(F)cc1F. The lowest BCUT2D eigenvalue weighted by Crippen LogP contribution is -2.53. The van der Waals surface area contributed by atoms with Crippen molar-refractivity contribution in [2.24, 2.45) is 0 Å². The molecule has 3 heterocycles. The van der Waals surface area contributed by atoms with E-state index in [0.717, 1.165) is 32.3 Å². The number of thiazole rings is 1. The van der Waals surface area contributed by atoms with Crippen molar-refractivity contribution in [2.45, 2.75) is 49.6 Å². The van der Waals surface area contributed by atoms with Gasteiger partial charge in [0.25, 0.3) is 5.91 Å². The van der Waals surface area contributed by atoms with E-state index in [2.05, 4.69) is 15.3 Å². The van der Waals surface area contributed by atoms with E-state index in [-0.39, 0.29) is 37.5 Å². The summed E-state index contributed by atoms with van der Waals surface area (Å²) in [5, 5.41) is 4.73. The summed E-state index contributed by atoms with van der Waals surface area (Å²) >= 11 is 2.42. The van der Waals surface area contributed by atoms with Crippen molar-refractivity contribution in [3.05, 3.63) is 53.5 Å². The third kappa shape index (κ3) is 9.52. The number of nitrogens with one attached hydrogen (secondary N) is 1. The van der Waals surface area contributed by atoms with Crippen molar-refractivity contribution in [1.82, 2.24) is 29.6 Å². The number of hydrazine groups is 1. The molecule has 3 aromatic rings. The van der Waals surface area contributed by atoms with Gasteiger partial charge in [0.1, 0.15) is 21.8 Å². The second-order valence-electron chi connectivity index (χ2n) is 11.4. The average Bonchev–Trinajstić information content (AvgIpc) is 3.21. The van der Waals surface area contributed by atoms with Gasteiger partial charge >= 0.3 is 6.09 Å². The largest absolute Gasteiger partial charge is 0.444 e. The number of ether oxygens (including phenoxy) is 1. The van der Waals surface area contributed by atoms with Crippen LogP contribution in [-0.4, -0.2) is 100 Å². The maximum absolute atomic E-state index is 14.6. The van der Waals surface area contributed by atoms with E-state index in [4.69, 9.17) is 4.74 Å². The van der Waals surface area contributed by atoms with E-state index >= 15 is 0 Å². The molecule has 3 amide bonds. The molecule has 0 spiro atoms. The van der Waals surface area contributed by atoms with Crippen LogP contribution in [0.2, 0.25) is 0 Å². The van der Waals surface area contributed by atoms with Crippen LogP contribution in [0.5, 0.6) is 0 Å². The Balaban J connectivity index is 1.57. The molecule has 250 valence electrons. The van der Waals surface area contributed by atoms with Gasteiger partial charge in [-0.25, -0.2) is 41.4 Å². The van der Waals surface area contributed by atoms with Crippen molar-refractivity contribution >= 4 is 61.4 Å². The first kappa shape index (κ1) is 35.4. The Hall–Kier alpha value is -3.48. The number of hydrogen-bond donors (Lipinski definition) is 1. The van der Waals surface area contributed by atoms with E-state index in [1.165, 1.54) is 11.3 Å². The molecule has 1 aromatic carbocycles. The zero-order chi connectivity index (χ0) is 33.8. The van der Waals surface area contributed by atoms with Gasteiger partial charge in [0.05, 0.1) is 25.1 Å². The van der Waals surface area contributed by atoms with Crippen LogP contribution >= 0.6 is 23.1 Å². The van der Waals surface area contributed by atoms with Gasteiger partial charge in [0.15, 0.2) is 16.0 Å². The van der Waals surface area contributed by atoms with Crippen LogP contribution in [0.1, 0.15) is 32.8 Å². The minimum Gasteiger partial charge on any atom is -0.444 e. The molecule has 1 fully saturated rings. The third-order valence-corrected chi connectivity index (χ3v) is 10.0. The molecule has 4 rings (SSSR count). The average molecular weight is 703 g/mol. The third-order valence-electron chi connectivity index (χ3n) is 6.62. The predicted molar refractivity (Wildman–Crippen MR) is 166 cm³/mol. The summed E-state index contributed by atoms with van der Waals surface area (Å²) in [5.41, 5.74) is -0.563. The Morgan fingerprint density at radius 1 is 1.04 bits per heavy atom. The maximum atomic E-state index is 14.6. The molecule has 0 aliphatic carbocycles. The highest BCUT2D eigenvalue weighted by Crippen LogP contribution is 2.28. The second-order valence-corrected chi connectivity index (χ2v) is 15.6. The molecule has 0 unspecified atom stereocenters. The quantitative estimate of drug-likeness (QED) is 0.262. The lowest BCUT2D eigenvalue weighted by atomic mass is 10.0.